The van der Waals surface area contributed by atoms with Crippen LogP contribution >= 0.6 is 0 Å². The molecular weight excluding hydrogens is 426 g/mol. The van der Waals surface area contributed by atoms with Crippen molar-refractivity contribution < 1.29 is 18.0 Å². The van der Waals surface area contributed by atoms with E-state index in [2.05, 4.69) is 0 Å². The highest BCUT2D eigenvalue weighted by Gasteiger charge is 2.61. The van der Waals surface area contributed by atoms with E-state index in [1.54, 1.807) is 39.0 Å². The topological polar surface area (TPSA) is 124 Å². The first-order chi connectivity index (χ1) is 14.9. The summed E-state index contributed by atoms with van der Waals surface area (Å²) in [6.07, 6.45) is 5.54. The number of rotatable bonds is 8. The van der Waals surface area contributed by atoms with Crippen molar-refractivity contribution in [1.82, 2.24) is 4.31 Å². The number of ketones is 1. The van der Waals surface area contributed by atoms with Crippen LogP contribution in [0.1, 0.15) is 65.7 Å². The molecule has 2 unspecified atom stereocenters. The summed E-state index contributed by atoms with van der Waals surface area (Å²) in [5, 5.41) is 0. The Labute approximate surface area is 191 Å². The van der Waals surface area contributed by atoms with E-state index in [1.807, 2.05) is 0 Å². The lowest BCUT2D eigenvalue weighted by molar-refractivity contribution is -0.159. The molecule has 0 saturated heterocycles. The van der Waals surface area contributed by atoms with Gasteiger partial charge in [-0.15, -0.1) is 0 Å². The van der Waals surface area contributed by atoms with Gasteiger partial charge in [0.2, 0.25) is 15.9 Å². The Bertz CT molecular complexity index is 1040. The highest BCUT2D eigenvalue weighted by atomic mass is 32.2. The highest BCUT2D eigenvalue weighted by Crippen LogP contribution is 2.66. The predicted octanol–water partition coefficient (Wildman–Crippen LogP) is 3.09. The van der Waals surface area contributed by atoms with Gasteiger partial charge in [0.15, 0.2) is 5.78 Å². The molecule has 4 bridgehead atoms. The van der Waals surface area contributed by atoms with Crippen molar-refractivity contribution in [2.24, 2.45) is 28.4 Å². The molecule has 5 rings (SSSR count). The first kappa shape index (κ1) is 23.2. The molecular formula is C24H35N3O4S. The van der Waals surface area contributed by atoms with Crippen molar-refractivity contribution in [3.05, 3.63) is 24.3 Å². The molecule has 0 aromatic heterocycles. The minimum absolute atomic E-state index is 0.0187. The van der Waals surface area contributed by atoms with Gasteiger partial charge in [0.1, 0.15) is 4.90 Å². The van der Waals surface area contributed by atoms with Crippen LogP contribution < -0.4 is 11.5 Å². The number of nitrogens with two attached hydrogens (primary N) is 2. The Morgan fingerprint density at radius 2 is 1.72 bits per heavy atom. The number of hydrogen-bond donors (Lipinski definition) is 2. The minimum Gasteiger partial charge on any atom is -0.398 e. The number of amides is 1. The Balaban J connectivity index is 1.62. The van der Waals surface area contributed by atoms with Crippen molar-refractivity contribution in [1.29, 1.82) is 0 Å². The molecule has 4 fully saturated rings. The molecule has 2 atom stereocenters. The van der Waals surface area contributed by atoms with Crippen LogP contribution in [0.4, 0.5) is 5.69 Å². The standard InChI is InChI=1S/C24H35N3O4S/c1-4-27(32(30,31)19-8-6-5-7-18(19)25)22(2,3)20(28)14-23-10-16-9-17(11-23)13-24(12-16,15-23)21(26)29/h5-8,16-17H,4,9-15,25H2,1-3H3,(H2,26,29). The molecule has 4 aliphatic carbocycles. The molecule has 8 heteroatoms. The summed E-state index contributed by atoms with van der Waals surface area (Å²) in [4.78, 5) is 26.1. The lowest BCUT2D eigenvalue weighted by atomic mass is 9.43. The van der Waals surface area contributed by atoms with Crippen LogP contribution in [0.25, 0.3) is 0 Å². The number of para-hydroxylation sites is 1. The smallest absolute Gasteiger partial charge is 0.246 e. The Morgan fingerprint density at radius 1 is 1.12 bits per heavy atom. The molecule has 1 aromatic rings. The van der Waals surface area contributed by atoms with E-state index < -0.39 is 21.0 Å². The molecule has 0 heterocycles. The number of likely N-dealkylation sites (N-methyl/N-ethyl adjacent to an activating group) is 1. The molecule has 32 heavy (non-hydrogen) atoms. The van der Waals surface area contributed by atoms with Gasteiger partial charge in [-0.25, -0.2) is 8.42 Å². The lowest BCUT2D eigenvalue weighted by Gasteiger charge is -2.61. The van der Waals surface area contributed by atoms with Gasteiger partial charge >= 0.3 is 0 Å². The van der Waals surface area contributed by atoms with E-state index >= 15 is 0 Å². The summed E-state index contributed by atoms with van der Waals surface area (Å²) in [6.45, 7) is 5.25. The molecule has 0 radical (unpaired) electrons. The normalized spacial score (nSPS) is 31.8. The zero-order valence-corrected chi connectivity index (χ0v) is 20.1. The number of sulfonamides is 1. The third-order valence-corrected chi connectivity index (χ3v) is 10.5. The number of benzene rings is 1. The number of carbonyl (C=O) groups is 2. The second kappa shape index (κ2) is 7.55. The number of anilines is 1. The van der Waals surface area contributed by atoms with Crippen LogP contribution in [-0.2, 0) is 19.6 Å². The van der Waals surface area contributed by atoms with Gasteiger partial charge in [0.05, 0.1) is 16.6 Å². The van der Waals surface area contributed by atoms with Crippen LogP contribution in [0.3, 0.4) is 0 Å². The fourth-order valence-corrected chi connectivity index (χ4v) is 9.24. The second-order valence-corrected chi connectivity index (χ2v) is 12.8. The SMILES string of the molecule is CCN(C(C)(C)C(=O)CC12CC3CC(C1)CC(C(N)=O)(C3)C2)S(=O)(=O)c1ccccc1N. The van der Waals surface area contributed by atoms with E-state index in [0.29, 0.717) is 18.3 Å². The molecule has 1 aromatic carbocycles. The molecule has 176 valence electrons. The third-order valence-electron chi connectivity index (χ3n) is 8.32. The van der Waals surface area contributed by atoms with Crippen LogP contribution in [0.15, 0.2) is 29.2 Å². The van der Waals surface area contributed by atoms with Gasteiger partial charge in [-0.1, -0.05) is 19.1 Å². The maximum Gasteiger partial charge on any atom is 0.246 e. The summed E-state index contributed by atoms with van der Waals surface area (Å²) >= 11 is 0. The zero-order chi connectivity index (χ0) is 23.5. The average Bonchev–Trinajstić information content (AvgIpc) is 2.66. The van der Waals surface area contributed by atoms with Gasteiger partial charge in [0.25, 0.3) is 0 Å². The van der Waals surface area contributed by atoms with E-state index in [1.165, 1.54) is 10.4 Å². The Hall–Kier alpha value is -1.93. The summed E-state index contributed by atoms with van der Waals surface area (Å²) in [6, 6.07) is 6.34. The summed E-state index contributed by atoms with van der Waals surface area (Å²) < 4.78 is 28.2. The largest absolute Gasteiger partial charge is 0.398 e. The quantitative estimate of drug-likeness (QED) is 0.576. The van der Waals surface area contributed by atoms with Crippen molar-refractivity contribution >= 4 is 27.4 Å². The number of nitrogen functional groups attached to an aromatic ring is 1. The lowest BCUT2D eigenvalue weighted by Crippen LogP contribution is -2.59. The van der Waals surface area contributed by atoms with Crippen molar-refractivity contribution in [2.75, 3.05) is 12.3 Å². The number of nitrogens with zero attached hydrogens (tertiary/aromatic N) is 1. The number of Topliss-reactive ketones (excluding diaryl/α,β-unsaturated/α-hetero) is 1. The van der Waals surface area contributed by atoms with Gasteiger partial charge in [0, 0.05) is 13.0 Å². The van der Waals surface area contributed by atoms with E-state index in [0.717, 1.165) is 32.1 Å². The zero-order valence-electron chi connectivity index (χ0n) is 19.3. The monoisotopic (exact) mass is 461 g/mol. The molecule has 1 amide bonds. The molecule has 4 aliphatic rings. The first-order valence-electron chi connectivity index (χ1n) is 11.6. The fourth-order valence-electron chi connectivity index (χ4n) is 7.34. The Kier molecular flexibility index (Phi) is 5.48. The molecule has 0 spiro atoms. The molecule has 4 saturated carbocycles. The summed E-state index contributed by atoms with van der Waals surface area (Å²) in [7, 11) is -3.96. The van der Waals surface area contributed by atoms with Crippen molar-refractivity contribution in [3.63, 3.8) is 0 Å². The van der Waals surface area contributed by atoms with Crippen LogP contribution in [0.5, 0.6) is 0 Å². The third kappa shape index (κ3) is 3.55. The van der Waals surface area contributed by atoms with Gasteiger partial charge in [-0.3, -0.25) is 9.59 Å². The van der Waals surface area contributed by atoms with Crippen molar-refractivity contribution in [3.8, 4) is 0 Å². The maximum atomic E-state index is 13.7. The Morgan fingerprint density at radius 3 is 2.25 bits per heavy atom. The van der Waals surface area contributed by atoms with Crippen LogP contribution in [-0.4, -0.2) is 36.5 Å². The van der Waals surface area contributed by atoms with E-state index in [-0.39, 0.29) is 40.7 Å². The summed E-state index contributed by atoms with van der Waals surface area (Å²) in [5.74, 6) is 0.503. The van der Waals surface area contributed by atoms with E-state index in [9.17, 15) is 18.0 Å². The summed E-state index contributed by atoms with van der Waals surface area (Å²) in [5.41, 5.74) is 9.98. The first-order valence-corrected chi connectivity index (χ1v) is 13.0. The van der Waals surface area contributed by atoms with Crippen LogP contribution in [0.2, 0.25) is 0 Å². The minimum atomic E-state index is -3.96. The molecule has 4 N–H and O–H groups in total. The van der Waals surface area contributed by atoms with Crippen molar-refractivity contribution in [2.45, 2.75) is 76.2 Å². The number of hydrogen-bond acceptors (Lipinski definition) is 5. The second-order valence-electron chi connectivity index (χ2n) is 11.0. The van der Waals surface area contributed by atoms with Gasteiger partial charge in [-0.2, -0.15) is 4.31 Å². The maximum absolute atomic E-state index is 13.7. The van der Waals surface area contributed by atoms with Gasteiger partial charge in [-0.05, 0) is 81.8 Å². The van der Waals surface area contributed by atoms with Crippen LogP contribution in [0, 0.1) is 22.7 Å². The molecule has 0 aliphatic heterocycles. The number of carbonyl (C=O) groups excluding carboxylic acids is 2. The predicted molar refractivity (Wildman–Crippen MR) is 123 cm³/mol. The van der Waals surface area contributed by atoms with E-state index in [4.69, 9.17) is 11.5 Å². The average molecular weight is 462 g/mol. The highest BCUT2D eigenvalue weighted by molar-refractivity contribution is 7.89. The molecule has 7 nitrogen and oxygen atoms in total. The fraction of sp³-hybridized carbons (Fsp3) is 0.667. The number of primary amides is 1. The van der Waals surface area contributed by atoms with Gasteiger partial charge < -0.3 is 11.5 Å².